The Balaban J connectivity index is 4.56. The highest BCUT2D eigenvalue weighted by atomic mass is 19.4. The highest BCUT2D eigenvalue weighted by Gasteiger charge is 2.34. The van der Waals surface area contributed by atoms with Crippen LogP contribution in [0.5, 0.6) is 0 Å². The smallest absolute Gasteiger partial charge is 0.401 e. The summed E-state index contributed by atoms with van der Waals surface area (Å²) in [5.41, 5.74) is -1.12. The molecule has 0 fully saturated rings. The standard InChI is InChI=1S/C14H27F3N2O2/c1-10(2)18-13(5,12(20)21)7-6-8-19(11(3)4)9-14(15,16)17/h10-11,18H,6-9H2,1-5H3,(H,20,21). The number of nitrogens with zero attached hydrogens (tertiary/aromatic N) is 1. The van der Waals surface area contributed by atoms with Gasteiger partial charge in [0.05, 0.1) is 6.54 Å². The van der Waals surface area contributed by atoms with Crippen molar-refractivity contribution in [3.05, 3.63) is 0 Å². The largest absolute Gasteiger partial charge is 0.480 e. The summed E-state index contributed by atoms with van der Waals surface area (Å²) in [7, 11) is 0. The summed E-state index contributed by atoms with van der Waals surface area (Å²) in [5, 5.41) is 12.3. The molecule has 1 unspecified atom stereocenters. The average molecular weight is 312 g/mol. The van der Waals surface area contributed by atoms with Crippen molar-refractivity contribution in [1.82, 2.24) is 10.2 Å². The van der Waals surface area contributed by atoms with E-state index in [4.69, 9.17) is 0 Å². The number of carboxylic acid groups (broad SMARTS) is 1. The molecule has 0 heterocycles. The zero-order valence-corrected chi connectivity index (χ0v) is 13.4. The number of halogens is 3. The maximum atomic E-state index is 12.5. The van der Waals surface area contributed by atoms with Crippen LogP contribution in [0.4, 0.5) is 13.2 Å². The van der Waals surface area contributed by atoms with Crippen molar-refractivity contribution in [3.8, 4) is 0 Å². The van der Waals surface area contributed by atoms with E-state index < -0.39 is 24.2 Å². The molecule has 0 aliphatic rings. The third-order valence-electron chi connectivity index (χ3n) is 3.31. The topological polar surface area (TPSA) is 52.6 Å². The molecule has 21 heavy (non-hydrogen) atoms. The maximum absolute atomic E-state index is 12.5. The van der Waals surface area contributed by atoms with Crippen LogP contribution in [0, 0.1) is 0 Å². The van der Waals surface area contributed by atoms with Gasteiger partial charge in [0.15, 0.2) is 0 Å². The number of carbonyl (C=O) groups is 1. The molecule has 0 aromatic carbocycles. The fourth-order valence-corrected chi connectivity index (χ4v) is 2.26. The minimum atomic E-state index is -4.24. The van der Waals surface area contributed by atoms with Gasteiger partial charge in [0.2, 0.25) is 0 Å². The lowest BCUT2D eigenvalue weighted by molar-refractivity contribution is -0.151. The number of nitrogens with one attached hydrogen (secondary N) is 1. The Labute approximate surface area is 124 Å². The van der Waals surface area contributed by atoms with Gasteiger partial charge in [-0.25, -0.2) is 0 Å². The Morgan fingerprint density at radius 3 is 2.10 bits per heavy atom. The average Bonchev–Trinajstić information content (AvgIpc) is 2.24. The molecule has 0 aliphatic heterocycles. The van der Waals surface area contributed by atoms with Crippen molar-refractivity contribution in [1.29, 1.82) is 0 Å². The fraction of sp³-hybridized carbons (Fsp3) is 0.929. The van der Waals surface area contributed by atoms with Gasteiger partial charge in [-0.3, -0.25) is 15.0 Å². The Morgan fingerprint density at radius 2 is 1.76 bits per heavy atom. The molecule has 0 saturated heterocycles. The van der Waals surface area contributed by atoms with E-state index in [0.717, 1.165) is 0 Å². The molecule has 126 valence electrons. The Bertz CT molecular complexity index is 333. The number of hydrogen-bond acceptors (Lipinski definition) is 3. The van der Waals surface area contributed by atoms with Crippen molar-refractivity contribution in [2.45, 2.75) is 71.3 Å². The first kappa shape index (κ1) is 20.2. The minimum absolute atomic E-state index is 0.0116. The molecule has 1 atom stereocenters. The van der Waals surface area contributed by atoms with E-state index in [1.165, 1.54) is 4.90 Å². The molecular weight excluding hydrogens is 285 g/mol. The van der Waals surface area contributed by atoms with Crippen molar-refractivity contribution in [2.24, 2.45) is 0 Å². The third kappa shape index (κ3) is 8.26. The van der Waals surface area contributed by atoms with Crippen LogP contribution in [0.2, 0.25) is 0 Å². The van der Waals surface area contributed by atoms with Crippen LogP contribution in [-0.2, 0) is 4.79 Å². The van der Waals surface area contributed by atoms with Crippen LogP contribution in [0.1, 0.15) is 47.5 Å². The predicted octanol–water partition coefficient (Wildman–Crippen LogP) is 2.88. The van der Waals surface area contributed by atoms with Crippen LogP contribution in [0.15, 0.2) is 0 Å². The quantitative estimate of drug-likeness (QED) is 0.687. The van der Waals surface area contributed by atoms with Gasteiger partial charge in [-0.15, -0.1) is 0 Å². The molecule has 0 aliphatic carbocycles. The zero-order chi connectivity index (χ0) is 16.8. The maximum Gasteiger partial charge on any atom is 0.401 e. The van der Waals surface area contributed by atoms with Crippen LogP contribution < -0.4 is 5.32 Å². The number of carboxylic acids is 1. The molecule has 0 spiro atoms. The van der Waals surface area contributed by atoms with Gasteiger partial charge in [-0.2, -0.15) is 13.2 Å². The molecule has 0 radical (unpaired) electrons. The monoisotopic (exact) mass is 312 g/mol. The molecule has 4 nitrogen and oxygen atoms in total. The Morgan fingerprint density at radius 1 is 1.24 bits per heavy atom. The van der Waals surface area contributed by atoms with E-state index in [1.54, 1.807) is 20.8 Å². The summed E-state index contributed by atoms with van der Waals surface area (Å²) >= 11 is 0. The van der Waals surface area contributed by atoms with Gasteiger partial charge < -0.3 is 5.11 Å². The fourth-order valence-electron chi connectivity index (χ4n) is 2.26. The van der Waals surface area contributed by atoms with Gasteiger partial charge in [0.25, 0.3) is 0 Å². The second kappa shape index (κ2) is 7.98. The molecular formula is C14H27F3N2O2. The molecule has 0 rings (SSSR count). The van der Waals surface area contributed by atoms with Crippen LogP contribution in [0.3, 0.4) is 0 Å². The van der Waals surface area contributed by atoms with Crippen molar-refractivity contribution < 1.29 is 23.1 Å². The van der Waals surface area contributed by atoms with Gasteiger partial charge in [0, 0.05) is 12.1 Å². The van der Waals surface area contributed by atoms with Gasteiger partial charge >= 0.3 is 12.1 Å². The van der Waals surface area contributed by atoms with E-state index in [0.29, 0.717) is 6.42 Å². The second-order valence-electron chi connectivity index (χ2n) is 6.22. The summed E-state index contributed by atoms with van der Waals surface area (Å²) in [4.78, 5) is 12.7. The number of alkyl halides is 3. The first-order valence-electron chi connectivity index (χ1n) is 7.19. The van der Waals surface area contributed by atoms with Gasteiger partial charge in [-0.1, -0.05) is 0 Å². The van der Waals surface area contributed by atoms with Crippen molar-refractivity contribution in [3.63, 3.8) is 0 Å². The molecule has 0 bridgehead atoms. The molecule has 7 heteroatoms. The molecule has 0 aromatic heterocycles. The molecule has 0 aromatic rings. The Kier molecular flexibility index (Phi) is 7.67. The summed E-state index contributed by atoms with van der Waals surface area (Å²) < 4.78 is 37.4. The zero-order valence-electron chi connectivity index (χ0n) is 13.4. The van der Waals surface area contributed by atoms with E-state index in [-0.39, 0.29) is 25.0 Å². The molecule has 2 N–H and O–H groups in total. The van der Waals surface area contributed by atoms with Crippen LogP contribution in [0.25, 0.3) is 0 Å². The van der Waals surface area contributed by atoms with Crippen molar-refractivity contribution >= 4 is 5.97 Å². The van der Waals surface area contributed by atoms with Crippen LogP contribution in [-0.4, -0.2) is 52.9 Å². The lowest BCUT2D eigenvalue weighted by Crippen LogP contribution is -2.52. The van der Waals surface area contributed by atoms with E-state index >= 15 is 0 Å². The molecule has 0 saturated carbocycles. The lowest BCUT2D eigenvalue weighted by atomic mass is 9.94. The highest BCUT2D eigenvalue weighted by Crippen LogP contribution is 2.20. The lowest BCUT2D eigenvalue weighted by Gasteiger charge is -2.31. The normalized spacial score (nSPS) is 15.8. The van der Waals surface area contributed by atoms with Crippen molar-refractivity contribution in [2.75, 3.05) is 13.1 Å². The molecule has 0 amide bonds. The second-order valence-corrected chi connectivity index (χ2v) is 6.22. The van der Waals surface area contributed by atoms with E-state index in [9.17, 15) is 23.1 Å². The van der Waals surface area contributed by atoms with Gasteiger partial charge in [-0.05, 0) is 54.0 Å². The summed E-state index contributed by atoms with van der Waals surface area (Å²) in [6, 6.07) is -0.247. The first-order valence-corrected chi connectivity index (χ1v) is 7.19. The minimum Gasteiger partial charge on any atom is -0.480 e. The number of hydrogen-bond donors (Lipinski definition) is 2. The van der Waals surface area contributed by atoms with E-state index in [2.05, 4.69) is 5.32 Å². The summed E-state index contributed by atoms with van der Waals surface area (Å²) in [5.74, 6) is -0.983. The number of aliphatic carboxylic acids is 1. The van der Waals surface area contributed by atoms with Gasteiger partial charge in [0.1, 0.15) is 5.54 Å². The van der Waals surface area contributed by atoms with E-state index in [1.807, 2.05) is 13.8 Å². The SMILES string of the molecule is CC(C)NC(C)(CCCN(CC(F)(F)F)C(C)C)C(=O)O. The highest BCUT2D eigenvalue weighted by molar-refractivity contribution is 5.78. The first-order chi connectivity index (χ1) is 9.37. The Hall–Kier alpha value is -0.820. The van der Waals surface area contributed by atoms with Crippen LogP contribution >= 0.6 is 0 Å². The third-order valence-corrected chi connectivity index (χ3v) is 3.31. The summed E-state index contributed by atoms with van der Waals surface area (Å²) in [6.07, 6.45) is -3.57. The predicted molar refractivity (Wildman–Crippen MR) is 76.3 cm³/mol. The summed E-state index contributed by atoms with van der Waals surface area (Å²) in [6.45, 7) is 7.91. The number of rotatable bonds is 9.